The Labute approximate surface area is 118 Å². The van der Waals surface area contributed by atoms with E-state index in [9.17, 15) is 0 Å². The third-order valence-corrected chi connectivity index (χ3v) is 4.10. The lowest BCUT2D eigenvalue weighted by Crippen LogP contribution is -2.20. The van der Waals surface area contributed by atoms with Gasteiger partial charge in [0.05, 0.1) is 17.8 Å². The Kier molecular flexibility index (Phi) is 4.56. The summed E-state index contributed by atoms with van der Waals surface area (Å²) in [4.78, 5) is 4.54. The number of methoxy groups -OCH3 is 1. The Bertz CT molecular complexity index is 551. The van der Waals surface area contributed by atoms with Gasteiger partial charge in [0.2, 0.25) is 0 Å². The summed E-state index contributed by atoms with van der Waals surface area (Å²) in [6.07, 6.45) is 0.911. The third kappa shape index (κ3) is 3.33. The van der Waals surface area contributed by atoms with Crippen molar-refractivity contribution >= 4 is 11.3 Å². The van der Waals surface area contributed by atoms with Gasteiger partial charge < -0.3 is 10.1 Å². The SMILES string of the molecule is CNC(Cc1csc(C)n1)c1ccc(OC)cc1C. The van der Waals surface area contributed by atoms with Gasteiger partial charge in [-0.2, -0.15) is 0 Å². The lowest BCUT2D eigenvalue weighted by molar-refractivity contribution is 0.414. The minimum absolute atomic E-state index is 0.285. The Morgan fingerprint density at radius 2 is 2.16 bits per heavy atom. The number of thiazole rings is 1. The molecule has 1 aromatic carbocycles. The van der Waals surface area contributed by atoms with E-state index < -0.39 is 0 Å². The summed E-state index contributed by atoms with van der Waals surface area (Å²) in [5, 5.41) is 6.64. The molecule has 0 aliphatic carbocycles. The Hall–Kier alpha value is -1.39. The van der Waals surface area contributed by atoms with Gasteiger partial charge in [0.15, 0.2) is 0 Å². The van der Waals surface area contributed by atoms with Gasteiger partial charge in [-0.25, -0.2) is 4.98 Å². The maximum Gasteiger partial charge on any atom is 0.119 e. The van der Waals surface area contributed by atoms with Gasteiger partial charge in [0.1, 0.15) is 5.75 Å². The highest BCUT2D eigenvalue weighted by Crippen LogP contribution is 2.25. The molecule has 0 fully saturated rings. The van der Waals surface area contributed by atoms with Crippen molar-refractivity contribution in [3.05, 3.63) is 45.4 Å². The van der Waals surface area contributed by atoms with E-state index in [0.29, 0.717) is 0 Å². The van der Waals surface area contributed by atoms with Crippen molar-refractivity contribution in [1.29, 1.82) is 0 Å². The van der Waals surface area contributed by atoms with Crippen LogP contribution in [0.15, 0.2) is 23.6 Å². The summed E-state index contributed by atoms with van der Waals surface area (Å²) in [6.45, 7) is 4.16. The molecule has 1 heterocycles. The van der Waals surface area contributed by atoms with Crippen molar-refractivity contribution in [1.82, 2.24) is 10.3 Å². The van der Waals surface area contributed by atoms with Crippen LogP contribution < -0.4 is 10.1 Å². The monoisotopic (exact) mass is 276 g/mol. The molecular weight excluding hydrogens is 256 g/mol. The summed E-state index contributed by atoms with van der Waals surface area (Å²) in [5.74, 6) is 0.903. The lowest BCUT2D eigenvalue weighted by Gasteiger charge is -2.18. The number of hydrogen-bond acceptors (Lipinski definition) is 4. The number of nitrogens with zero attached hydrogens (tertiary/aromatic N) is 1. The fourth-order valence-corrected chi connectivity index (χ4v) is 2.87. The molecule has 0 radical (unpaired) electrons. The van der Waals surface area contributed by atoms with E-state index in [1.807, 2.05) is 20.0 Å². The number of nitrogens with one attached hydrogen (secondary N) is 1. The van der Waals surface area contributed by atoms with Crippen LogP contribution in [-0.4, -0.2) is 19.1 Å². The van der Waals surface area contributed by atoms with Crippen LogP contribution in [0.2, 0.25) is 0 Å². The number of benzene rings is 1. The Balaban J connectivity index is 2.21. The highest BCUT2D eigenvalue weighted by atomic mass is 32.1. The van der Waals surface area contributed by atoms with Gasteiger partial charge in [-0.05, 0) is 44.2 Å². The number of likely N-dealkylation sites (N-methyl/N-ethyl adjacent to an activating group) is 1. The van der Waals surface area contributed by atoms with Crippen LogP contribution in [0.1, 0.15) is 27.9 Å². The van der Waals surface area contributed by atoms with Gasteiger partial charge in [-0.1, -0.05) is 6.07 Å². The van der Waals surface area contributed by atoms with Crippen molar-refractivity contribution < 1.29 is 4.74 Å². The summed E-state index contributed by atoms with van der Waals surface area (Å²) in [6, 6.07) is 6.51. The van der Waals surface area contributed by atoms with Crippen LogP contribution in [0, 0.1) is 13.8 Å². The van der Waals surface area contributed by atoms with Gasteiger partial charge >= 0.3 is 0 Å². The minimum atomic E-state index is 0.285. The smallest absolute Gasteiger partial charge is 0.119 e. The average molecular weight is 276 g/mol. The molecule has 0 amide bonds. The maximum atomic E-state index is 5.25. The molecule has 0 saturated heterocycles. The molecule has 19 heavy (non-hydrogen) atoms. The number of hydrogen-bond donors (Lipinski definition) is 1. The van der Waals surface area contributed by atoms with Crippen molar-refractivity contribution in [2.24, 2.45) is 0 Å². The average Bonchev–Trinajstić information content (AvgIpc) is 2.81. The molecule has 2 rings (SSSR count). The van der Waals surface area contributed by atoms with Crippen LogP contribution >= 0.6 is 11.3 Å². The lowest BCUT2D eigenvalue weighted by atomic mass is 9.97. The predicted molar refractivity (Wildman–Crippen MR) is 80.1 cm³/mol. The van der Waals surface area contributed by atoms with Crippen LogP contribution in [-0.2, 0) is 6.42 Å². The second kappa shape index (κ2) is 6.17. The molecule has 1 atom stereocenters. The molecule has 0 bridgehead atoms. The first kappa shape index (κ1) is 14.0. The Morgan fingerprint density at radius 3 is 2.68 bits per heavy atom. The molecule has 1 N–H and O–H groups in total. The first-order chi connectivity index (χ1) is 9.13. The van der Waals surface area contributed by atoms with Crippen molar-refractivity contribution in [2.75, 3.05) is 14.2 Å². The van der Waals surface area contributed by atoms with E-state index in [2.05, 4.69) is 34.7 Å². The summed E-state index contributed by atoms with van der Waals surface area (Å²) < 4.78 is 5.25. The first-order valence-electron chi connectivity index (χ1n) is 6.37. The van der Waals surface area contributed by atoms with Crippen molar-refractivity contribution in [2.45, 2.75) is 26.3 Å². The summed E-state index contributed by atoms with van der Waals surface area (Å²) in [7, 11) is 3.69. The molecule has 1 aromatic heterocycles. The Morgan fingerprint density at radius 1 is 1.37 bits per heavy atom. The number of aromatic nitrogens is 1. The van der Waals surface area contributed by atoms with Crippen LogP contribution in [0.3, 0.4) is 0 Å². The van der Waals surface area contributed by atoms with Crippen LogP contribution in [0.5, 0.6) is 5.75 Å². The van der Waals surface area contributed by atoms with E-state index in [-0.39, 0.29) is 6.04 Å². The van der Waals surface area contributed by atoms with Gasteiger partial charge in [0, 0.05) is 17.8 Å². The number of aryl methyl sites for hydroxylation is 2. The normalized spacial score (nSPS) is 12.4. The highest BCUT2D eigenvalue weighted by Gasteiger charge is 2.14. The van der Waals surface area contributed by atoms with E-state index in [1.165, 1.54) is 11.1 Å². The highest BCUT2D eigenvalue weighted by molar-refractivity contribution is 7.09. The van der Waals surface area contributed by atoms with Crippen LogP contribution in [0.4, 0.5) is 0 Å². The second-order valence-corrected chi connectivity index (χ2v) is 5.69. The molecule has 0 spiro atoms. The largest absolute Gasteiger partial charge is 0.497 e. The fraction of sp³-hybridized carbons (Fsp3) is 0.400. The number of rotatable bonds is 5. The molecule has 102 valence electrons. The quantitative estimate of drug-likeness (QED) is 0.910. The second-order valence-electron chi connectivity index (χ2n) is 4.63. The van der Waals surface area contributed by atoms with Crippen molar-refractivity contribution in [3.8, 4) is 5.75 Å². The number of ether oxygens (including phenoxy) is 1. The summed E-state index contributed by atoms with van der Waals surface area (Å²) in [5.41, 5.74) is 3.69. The first-order valence-corrected chi connectivity index (χ1v) is 7.24. The molecule has 3 nitrogen and oxygen atoms in total. The molecular formula is C15H20N2OS. The van der Waals surface area contributed by atoms with E-state index in [1.54, 1.807) is 18.4 Å². The summed E-state index contributed by atoms with van der Waals surface area (Å²) >= 11 is 1.70. The standard InChI is InChI=1S/C15H20N2OS/c1-10-7-13(18-4)5-6-14(10)15(16-3)8-12-9-19-11(2)17-12/h5-7,9,15-16H,8H2,1-4H3. The van der Waals surface area contributed by atoms with Gasteiger partial charge in [-0.15, -0.1) is 11.3 Å². The molecule has 4 heteroatoms. The predicted octanol–water partition coefficient (Wildman–Crippen LogP) is 3.27. The topological polar surface area (TPSA) is 34.2 Å². The van der Waals surface area contributed by atoms with Crippen LogP contribution in [0.25, 0.3) is 0 Å². The third-order valence-electron chi connectivity index (χ3n) is 3.28. The van der Waals surface area contributed by atoms with Crippen molar-refractivity contribution in [3.63, 3.8) is 0 Å². The van der Waals surface area contributed by atoms with E-state index in [0.717, 1.165) is 22.9 Å². The zero-order valence-electron chi connectivity index (χ0n) is 11.9. The molecule has 0 aliphatic heterocycles. The fourth-order valence-electron chi connectivity index (χ4n) is 2.24. The maximum absolute atomic E-state index is 5.25. The zero-order chi connectivity index (χ0) is 13.8. The van der Waals surface area contributed by atoms with Gasteiger partial charge in [0.25, 0.3) is 0 Å². The molecule has 0 saturated carbocycles. The molecule has 1 unspecified atom stereocenters. The van der Waals surface area contributed by atoms with E-state index >= 15 is 0 Å². The van der Waals surface area contributed by atoms with Gasteiger partial charge in [-0.3, -0.25) is 0 Å². The van der Waals surface area contributed by atoms with E-state index in [4.69, 9.17) is 4.74 Å². The molecule has 0 aliphatic rings. The molecule has 2 aromatic rings. The minimum Gasteiger partial charge on any atom is -0.497 e. The zero-order valence-corrected chi connectivity index (χ0v) is 12.7.